The lowest BCUT2D eigenvalue weighted by molar-refractivity contribution is -0.123. The molecule has 0 radical (unpaired) electrons. The monoisotopic (exact) mass is 540 g/mol. The van der Waals surface area contributed by atoms with Crippen molar-refractivity contribution in [1.82, 2.24) is 19.9 Å². The number of nitrogens with zero attached hydrogens (tertiary/aromatic N) is 4. The molecule has 1 aliphatic rings. The molecule has 0 aliphatic carbocycles. The summed E-state index contributed by atoms with van der Waals surface area (Å²) in [6.07, 6.45) is 5.41. The average molecular weight is 541 g/mol. The predicted octanol–water partition coefficient (Wildman–Crippen LogP) is 5.75. The van der Waals surface area contributed by atoms with Crippen LogP contribution in [0.1, 0.15) is 49.9 Å². The van der Waals surface area contributed by atoms with Gasteiger partial charge in [0.05, 0.1) is 36.4 Å². The average Bonchev–Trinajstić information content (AvgIpc) is 3.48. The van der Waals surface area contributed by atoms with E-state index < -0.39 is 5.41 Å². The van der Waals surface area contributed by atoms with Crippen molar-refractivity contribution in [1.29, 1.82) is 0 Å². The number of thiocarbonyl (C=S) groups is 1. The van der Waals surface area contributed by atoms with E-state index >= 15 is 0 Å². The molecule has 39 heavy (non-hydrogen) atoms. The highest BCUT2D eigenvalue weighted by atomic mass is 32.1. The molecule has 1 fully saturated rings. The van der Waals surface area contributed by atoms with E-state index in [0.717, 1.165) is 28.5 Å². The first-order chi connectivity index (χ1) is 18.7. The van der Waals surface area contributed by atoms with Crippen LogP contribution in [-0.4, -0.2) is 32.7 Å². The number of pyridine rings is 2. The Hall–Kier alpha value is -4.24. The van der Waals surface area contributed by atoms with Crippen LogP contribution in [0.25, 0.3) is 5.69 Å². The third-order valence-electron chi connectivity index (χ3n) is 6.80. The highest BCUT2D eigenvalue weighted by Crippen LogP contribution is 2.44. The maximum Gasteiger partial charge on any atom is 0.229 e. The Balaban J connectivity index is 1.63. The minimum absolute atomic E-state index is 0.0928. The van der Waals surface area contributed by atoms with Crippen LogP contribution in [0, 0.1) is 12.3 Å². The van der Waals surface area contributed by atoms with Gasteiger partial charge in [-0.2, -0.15) is 0 Å². The first kappa shape index (κ1) is 26.4. The van der Waals surface area contributed by atoms with Crippen LogP contribution in [0.5, 0.6) is 5.75 Å². The number of carbonyl (C=O) groups excluding carboxylic acids is 1. The summed E-state index contributed by atoms with van der Waals surface area (Å²) < 4.78 is 7.91. The van der Waals surface area contributed by atoms with Crippen molar-refractivity contribution in [2.24, 2.45) is 5.41 Å². The fourth-order valence-electron chi connectivity index (χ4n) is 4.80. The molecule has 0 spiro atoms. The molecule has 9 heteroatoms. The maximum atomic E-state index is 12.7. The van der Waals surface area contributed by atoms with E-state index in [1.54, 1.807) is 19.5 Å². The molecule has 4 aromatic rings. The van der Waals surface area contributed by atoms with E-state index in [1.165, 1.54) is 0 Å². The molecule has 1 aromatic carbocycles. The third-order valence-corrected chi connectivity index (χ3v) is 7.12. The van der Waals surface area contributed by atoms with Gasteiger partial charge in [-0.05, 0) is 67.7 Å². The van der Waals surface area contributed by atoms with Gasteiger partial charge >= 0.3 is 0 Å². The minimum Gasteiger partial charge on any atom is -0.494 e. The van der Waals surface area contributed by atoms with E-state index in [0.29, 0.717) is 16.5 Å². The number of aryl methyl sites for hydroxylation is 1. The first-order valence-electron chi connectivity index (χ1n) is 12.8. The highest BCUT2D eigenvalue weighted by Gasteiger charge is 2.42. The second-order valence-corrected chi connectivity index (χ2v) is 10.9. The lowest BCUT2D eigenvalue weighted by Gasteiger charge is -2.30. The van der Waals surface area contributed by atoms with Crippen LogP contribution in [-0.2, 0) is 4.79 Å². The third kappa shape index (κ3) is 5.09. The van der Waals surface area contributed by atoms with Gasteiger partial charge in [0, 0.05) is 41.0 Å². The van der Waals surface area contributed by atoms with E-state index in [9.17, 15) is 4.79 Å². The molecule has 2 N–H and O–H groups in total. The van der Waals surface area contributed by atoms with Crippen molar-refractivity contribution in [3.63, 3.8) is 0 Å². The van der Waals surface area contributed by atoms with E-state index in [-0.39, 0.29) is 18.0 Å². The molecular formula is C30H32N6O2S. The Labute approximate surface area is 234 Å². The smallest absolute Gasteiger partial charge is 0.229 e. The molecule has 1 saturated heterocycles. The second kappa shape index (κ2) is 10.5. The number of rotatable bonds is 6. The Morgan fingerprint density at radius 2 is 1.87 bits per heavy atom. The van der Waals surface area contributed by atoms with Crippen LogP contribution < -0.4 is 20.3 Å². The largest absolute Gasteiger partial charge is 0.494 e. The van der Waals surface area contributed by atoms with Crippen molar-refractivity contribution in [2.75, 3.05) is 17.3 Å². The molecule has 4 heterocycles. The van der Waals surface area contributed by atoms with E-state index in [1.807, 2.05) is 75.5 Å². The number of carbonyl (C=O) groups is 1. The van der Waals surface area contributed by atoms with Gasteiger partial charge < -0.3 is 24.8 Å². The van der Waals surface area contributed by atoms with Gasteiger partial charge in [0.2, 0.25) is 5.91 Å². The van der Waals surface area contributed by atoms with Gasteiger partial charge in [-0.1, -0.05) is 26.8 Å². The van der Waals surface area contributed by atoms with Gasteiger partial charge in [-0.25, -0.2) is 0 Å². The van der Waals surface area contributed by atoms with Gasteiger partial charge in [0.25, 0.3) is 0 Å². The van der Waals surface area contributed by atoms with Crippen LogP contribution in [0.2, 0.25) is 0 Å². The minimum atomic E-state index is -0.541. The van der Waals surface area contributed by atoms with Crippen LogP contribution in [0.15, 0.2) is 79.3 Å². The van der Waals surface area contributed by atoms with Gasteiger partial charge in [0.15, 0.2) is 5.11 Å². The summed E-state index contributed by atoms with van der Waals surface area (Å²) in [6.45, 7) is 7.70. The van der Waals surface area contributed by atoms with Crippen molar-refractivity contribution in [2.45, 2.75) is 39.8 Å². The second-order valence-electron chi connectivity index (χ2n) is 10.5. The standard InChI is InChI=1S/C30H32N6O2S/c1-19-11-14-24(35(19)21-9-8-15-31-18-21)27-26(23-10-6-7-16-32-23)34-29(39)36(27)20-12-13-22(25(17-20)38-5)33-28(37)30(2,3)4/h6-18,26-27H,1-5H3,(H,33,37)(H,34,39)/t26-,27-/m1/s1. The molecular weight excluding hydrogens is 508 g/mol. The number of amides is 1. The van der Waals surface area contributed by atoms with Crippen molar-refractivity contribution >= 4 is 34.6 Å². The van der Waals surface area contributed by atoms with Crippen molar-refractivity contribution in [3.05, 3.63) is 96.3 Å². The molecule has 8 nitrogen and oxygen atoms in total. The quantitative estimate of drug-likeness (QED) is 0.302. The Bertz CT molecular complexity index is 1500. The number of benzene rings is 1. The summed E-state index contributed by atoms with van der Waals surface area (Å²) in [6, 6.07) is 19.4. The summed E-state index contributed by atoms with van der Waals surface area (Å²) in [5.74, 6) is 0.455. The summed E-state index contributed by atoms with van der Waals surface area (Å²) in [4.78, 5) is 23.8. The summed E-state index contributed by atoms with van der Waals surface area (Å²) in [5, 5.41) is 7.07. The van der Waals surface area contributed by atoms with Crippen molar-refractivity contribution < 1.29 is 9.53 Å². The molecule has 5 rings (SSSR count). The molecule has 2 atom stereocenters. The number of methoxy groups -OCH3 is 1. The van der Waals surface area contributed by atoms with E-state index in [2.05, 4.69) is 49.1 Å². The Morgan fingerprint density at radius 3 is 2.54 bits per heavy atom. The Kier molecular flexibility index (Phi) is 7.10. The summed E-state index contributed by atoms with van der Waals surface area (Å²) in [7, 11) is 1.59. The fraction of sp³-hybridized carbons (Fsp3) is 0.267. The summed E-state index contributed by atoms with van der Waals surface area (Å²) >= 11 is 5.93. The summed E-state index contributed by atoms with van der Waals surface area (Å²) in [5.41, 5.74) is 4.85. The predicted molar refractivity (Wildman–Crippen MR) is 157 cm³/mol. The maximum absolute atomic E-state index is 12.7. The van der Waals surface area contributed by atoms with Gasteiger partial charge in [-0.15, -0.1) is 0 Å². The number of nitrogens with one attached hydrogen (secondary N) is 2. The zero-order valence-corrected chi connectivity index (χ0v) is 23.5. The normalized spacial score (nSPS) is 17.2. The number of hydrogen-bond acceptors (Lipinski definition) is 5. The first-order valence-corrected chi connectivity index (χ1v) is 13.2. The van der Waals surface area contributed by atoms with Crippen molar-refractivity contribution in [3.8, 4) is 11.4 Å². The number of anilines is 2. The lowest BCUT2D eigenvalue weighted by atomic mass is 9.95. The fourth-order valence-corrected chi connectivity index (χ4v) is 5.15. The van der Waals surface area contributed by atoms with Crippen LogP contribution in [0.4, 0.5) is 11.4 Å². The zero-order chi connectivity index (χ0) is 27.7. The van der Waals surface area contributed by atoms with Crippen LogP contribution in [0.3, 0.4) is 0 Å². The Morgan fingerprint density at radius 1 is 1.05 bits per heavy atom. The highest BCUT2D eigenvalue weighted by molar-refractivity contribution is 7.80. The topological polar surface area (TPSA) is 84.3 Å². The molecule has 0 saturated carbocycles. The molecule has 200 valence electrons. The molecule has 3 aromatic heterocycles. The number of hydrogen-bond donors (Lipinski definition) is 2. The molecule has 0 bridgehead atoms. The molecule has 0 unspecified atom stereocenters. The van der Waals surface area contributed by atoms with Crippen LogP contribution >= 0.6 is 12.2 Å². The molecule has 1 amide bonds. The lowest BCUT2D eigenvalue weighted by Crippen LogP contribution is -2.30. The molecule has 1 aliphatic heterocycles. The number of aromatic nitrogens is 3. The van der Waals surface area contributed by atoms with Gasteiger partial charge in [0.1, 0.15) is 11.8 Å². The zero-order valence-electron chi connectivity index (χ0n) is 22.7. The van der Waals surface area contributed by atoms with Gasteiger partial charge in [-0.3, -0.25) is 14.8 Å². The van der Waals surface area contributed by atoms with E-state index in [4.69, 9.17) is 17.0 Å². The SMILES string of the molecule is COc1cc(N2C(=S)N[C@H](c3ccccn3)[C@H]2c2ccc(C)n2-c2cccnc2)ccc1NC(=O)C(C)(C)C. The number of ether oxygens (including phenoxy) is 1.